The van der Waals surface area contributed by atoms with Crippen molar-refractivity contribution in [3.63, 3.8) is 0 Å². The Labute approximate surface area is 68.6 Å². The molecule has 1 rings (SSSR count). The topological polar surface area (TPSA) is 20.3 Å². The predicted molar refractivity (Wildman–Crippen MR) is 45.5 cm³/mol. The Morgan fingerprint density at radius 2 is 1.91 bits per heavy atom. The molecule has 0 aliphatic heterocycles. The third-order valence-corrected chi connectivity index (χ3v) is 2.58. The first kappa shape index (κ1) is 8.72. The Morgan fingerprint density at radius 3 is 2.18 bits per heavy atom. The van der Waals surface area contributed by atoms with E-state index in [1.54, 1.807) is 0 Å². The molecule has 0 heterocycles. The zero-order valence-electron chi connectivity index (χ0n) is 7.47. The molecule has 0 aromatic rings. The van der Waals surface area contributed by atoms with E-state index in [-0.39, 0.29) is 5.41 Å². The van der Waals surface area contributed by atoms with E-state index < -0.39 is 0 Å². The standard InChI is InChI=1S/C9H17NO/c1-3-10(4-2)7-9(8-11)5-6-9/h8H,3-7H2,1-2H3. The summed E-state index contributed by atoms with van der Waals surface area (Å²) in [6, 6.07) is 0. The van der Waals surface area contributed by atoms with Crippen molar-refractivity contribution in [1.29, 1.82) is 0 Å². The zero-order chi connectivity index (χ0) is 8.32. The van der Waals surface area contributed by atoms with Crippen molar-refractivity contribution in [3.05, 3.63) is 0 Å². The Hall–Kier alpha value is -0.370. The van der Waals surface area contributed by atoms with Crippen LogP contribution in [0.5, 0.6) is 0 Å². The van der Waals surface area contributed by atoms with Gasteiger partial charge in [-0.15, -0.1) is 0 Å². The Balaban J connectivity index is 2.33. The molecular formula is C9H17NO. The second kappa shape index (κ2) is 3.35. The first-order chi connectivity index (χ1) is 5.26. The fourth-order valence-corrected chi connectivity index (χ4v) is 1.37. The molecule has 0 amide bonds. The highest BCUT2D eigenvalue weighted by molar-refractivity contribution is 5.63. The molecule has 0 N–H and O–H groups in total. The average molecular weight is 155 g/mol. The van der Waals surface area contributed by atoms with Gasteiger partial charge in [0.25, 0.3) is 0 Å². The normalized spacial score (nSPS) is 20.3. The molecule has 0 aromatic heterocycles. The fourth-order valence-electron chi connectivity index (χ4n) is 1.37. The molecule has 1 aliphatic carbocycles. The molecular weight excluding hydrogens is 138 g/mol. The molecule has 0 unspecified atom stereocenters. The minimum Gasteiger partial charge on any atom is -0.303 e. The molecule has 2 nitrogen and oxygen atoms in total. The molecule has 0 bridgehead atoms. The van der Waals surface area contributed by atoms with Gasteiger partial charge in [0.2, 0.25) is 0 Å². The molecule has 0 atom stereocenters. The summed E-state index contributed by atoms with van der Waals surface area (Å²) in [5.74, 6) is 0. The van der Waals surface area contributed by atoms with Crippen molar-refractivity contribution >= 4 is 6.29 Å². The number of rotatable bonds is 5. The van der Waals surface area contributed by atoms with Gasteiger partial charge in [0, 0.05) is 12.0 Å². The van der Waals surface area contributed by atoms with Gasteiger partial charge in [-0.2, -0.15) is 0 Å². The van der Waals surface area contributed by atoms with Crippen molar-refractivity contribution in [2.45, 2.75) is 26.7 Å². The Bertz CT molecular complexity index is 136. The number of aldehydes is 1. The summed E-state index contributed by atoms with van der Waals surface area (Å²) in [6.45, 7) is 7.39. The molecule has 0 aromatic carbocycles. The van der Waals surface area contributed by atoms with Crippen LogP contribution in [0.4, 0.5) is 0 Å². The van der Waals surface area contributed by atoms with Crippen LogP contribution in [0.3, 0.4) is 0 Å². The minimum atomic E-state index is 0.0615. The van der Waals surface area contributed by atoms with Crippen molar-refractivity contribution in [1.82, 2.24) is 4.90 Å². The van der Waals surface area contributed by atoms with Crippen LogP contribution in [0.1, 0.15) is 26.7 Å². The summed E-state index contributed by atoms with van der Waals surface area (Å²) in [5.41, 5.74) is 0.0615. The molecule has 1 fully saturated rings. The Kier molecular flexibility index (Phi) is 2.66. The highest BCUT2D eigenvalue weighted by atomic mass is 16.1. The van der Waals surface area contributed by atoms with Gasteiger partial charge in [-0.1, -0.05) is 13.8 Å². The van der Waals surface area contributed by atoms with Crippen LogP contribution in [0.15, 0.2) is 0 Å². The Morgan fingerprint density at radius 1 is 1.36 bits per heavy atom. The smallest absolute Gasteiger partial charge is 0.127 e. The summed E-state index contributed by atoms with van der Waals surface area (Å²) < 4.78 is 0. The van der Waals surface area contributed by atoms with Crippen LogP contribution in [0.2, 0.25) is 0 Å². The lowest BCUT2D eigenvalue weighted by atomic mass is 10.1. The molecule has 2 heteroatoms. The molecule has 0 saturated heterocycles. The number of carbonyl (C=O) groups is 1. The SMILES string of the molecule is CCN(CC)CC1(C=O)CC1. The lowest BCUT2D eigenvalue weighted by molar-refractivity contribution is -0.112. The van der Waals surface area contributed by atoms with Gasteiger partial charge in [-0.25, -0.2) is 0 Å². The van der Waals surface area contributed by atoms with Gasteiger partial charge in [-0.05, 0) is 25.9 Å². The van der Waals surface area contributed by atoms with E-state index in [0.717, 1.165) is 38.8 Å². The summed E-state index contributed by atoms with van der Waals surface area (Å²) >= 11 is 0. The van der Waals surface area contributed by atoms with E-state index in [0.29, 0.717) is 0 Å². The summed E-state index contributed by atoms with van der Waals surface area (Å²) in [4.78, 5) is 13.0. The highest BCUT2D eigenvalue weighted by Crippen LogP contribution is 2.43. The fraction of sp³-hybridized carbons (Fsp3) is 0.889. The summed E-state index contributed by atoms with van der Waals surface area (Å²) in [7, 11) is 0. The molecule has 1 aliphatic rings. The van der Waals surface area contributed by atoms with Crippen LogP contribution in [0.25, 0.3) is 0 Å². The predicted octanol–water partition coefficient (Wildman–Crippen LogP) is 1.31. The lowest BCUT2D eigenvalue weighted by Crippen LogP contribution is -2.30. The van der Waals surface area contributed by atoms with Crippen molar-refractivity contribution in [2.75, 3.05) is 19.6 Å². The van der Waals surface area contributed by atoms with Crippen LogP contribution < -0.4 is 0 Å². The number of nitrogens with zero attached hydrogens (tertiary/aromatic N) is 1. The maximum atomic E-state index is 10.6. The van der Waals surface area contributed by atoms with Gasteiger partial charge in [0.1, 0.15) is 6.29 Å². The third kappa shape index (κ3) is 2.03. The molecule has 0 radical (unpaired) electrons. The van der Waals surface area contributed by atoms with Crippen molar-refractivity contribution < 1.29 is 4.79 Å². The largest absolute Gasteiger partial charge is 0.303 e. The molecule has 1 saturated carbocycles. The first-order valence-electron chi connectivity index (χ1n) is 4.45. The van der Waals surface area contributed by atoms with E-state index in [2.05, 4.69) is 18.7 Å². The molecule has 64 valence electrons. The van der Waals surface area contributed by atoms with Gasteiger partial charge in [-0.3, -0.25) is 0 Å². The van der Waals surface area contributed by atoms with E-state index in [4.69, 9.17) is 0 Å². The first-order valence-corrected chi connectivity index (χ1v) is 4.45. The van der Waals surface area contributed by atoms with Crippen LogP contribution in [0, 0.1) is 5.41 Å². The maximum absolute atomic E-state index is 10.6. The highest BCUT2D eigenvalue weighted by Gasteiger charge is 2.43. The minimum absolute atomic E-state index is 0.0615. The number of carbonyl (C=O) groups excluding carboxylic acids is 1. The summed E-state index contributed by atoms with van der Waals surface area (Å²) in [6.07, 6.45) is 3.35. The van der Waals surface area contributed by atoms with E-state index in [1.807, 2.05) is 0 Å². The molecule has 11 heavy (non-hydrogen) atoms. The third-order valence-electron chi connectivity index (χ3n) is 2.58. The van der Waals surface area contributed by atoms with Gasteiger partial charge < -0.3 is 9.69 Å². The van der Waals surface area contributed by atoms with Crippen molar-refractivity contribution in [2.24, 2.45) is 5.41 Å². The van der Waals surface area contributed by atoms with E-state index in [9.17, 15) is 4.79 Å². The van der Waals surface area contributed by atoms with E-state index >= 15 is 0 Å². The molecule has 0 spiro atoms. The van der Waals surface area contributed by atoms with E-state index in [1.165, 1.54) is 0 Å². The van der Waals surface area contributed by atoms with Gasteiger partial charge in [0.05, 0.1) is 0 Å². The van der Waals surface area contributed by atoms with Crippen LogP contribution >= 0.6 is 0 Å². The second-order valence-corrected chi connectivity index (χ2v) is 3.44. The maximum Gasteiger partial charge on any atom is 0.127 e. The summed E-state index contributed by atoms with van der Waals surface area (Å²) in [5, 5.41) is 0. The zero-order valence-corrected chi connectivity index (χ0v) is 7.47. The average Bonchev–Trinajstić information content (AvgIpc) is 2.81. The monoisotopic (exact) mass is 155 g/mol. The number of hydrogen-bond donors (Lipinski definition) is 0. The number of hydrogen-bond acceptors (Lipinski definition) is 2. The van der Waals surface area contributed by atoms with Crippen LogP contribution in [-0.4, -0.2) is 30.8 Å². The second-order valence-electron chi connectivity index (χ2n) is 3.44. The van der Waals surface area contributed by atoms with Gasteiger partial charge >= 0.3 is 0 Å². The van der Waals surface area contributed by atoms with Gasteiger partial charge in [0.15, 0.2) is 0 Å². The van der Waals surface area contributed by atoms with Crippen LogP contribution in [-0.2, 0) is 4.79 Å². The van der Waals surface area contributed by atoms with Crippen molar-refractivity contribution in [3.8, 4) is 0 Å². The quantitative estimate of drug-likeness (QED) is 0.558. The lowest BCUT2D eigenvalue weighted by Gasteiger charge is -2.20.